The minimum absolute atomic E-state index is 0.250. The zero-order valence-corrected chi connectivity index (χ0v) is 11.3. The van der Waals surface area contributed by atoms with Crippen LogP contribution in [0.4, 0.5) is 0 Å². The molecule has 0 saturated heterocycles. The Kier molecular flexibility index (Phi) is 3.84. The van der Waals surface area contributed by atoms with E-state index in [4.69, 9.17) is 5.11 Å². The van der Waals surface area contributed by atoms with Crippen LogP contribution in [0.3, 0.4) is 0 Å². The van der Waals surface area contributed by atoms with Crippen LogP contribution in [0.1, 0.15) is 16.8 Å². The predicted molar refractivity (Wildman–Crippen MR) is 76.0 cm³/mol. The maximum atomic E-state index is 12.2. The van der Waals surface area contributed by atoms with Crippen molar-refractivity contribution in [3.8, 4) is 5.69 Å². The molecule has 2 N–H and O–H groups in total. The third-order valence-electron chi connectivity index (χ3n) is 2.86. The van der Waals surface area contributed by atoms with Gasteiger partial charge in [-0.2, -0.15) is 0 Å². The summed E-state index contributed by atoms with van der Waals surface area (Å²) >= 11 is 0. The highest BCUT2D eigenvalue weighted by Gasteiger charge is 2.10. The van der Waals surface area contributed by atoms with Crippen LogP contribution in [-0.2, 0) is 4.79 Å². The van der Waals surface area contributed by atoms with Gasteiger partial charge in [0.05, 0.1) is 11.3 Å². The molecule has 0 amide bonds. The number of benzene rings is 1. The molecule has 1 aromatic carbocycles. The van der Waals surface area contributed by atoms with E-state index < -0.39 is 5.97 Å². The van der Waals surface area contributed by atoms with Crippen LogP contribution < -0.4 is 5.56 Å². The molecule has 20 heavy (non-hydrogen) atoms. The van der Waals surface area contributed by atoms with Crippen molar-refractivity contribution in [3.63, 3.8) is 0 Å². The minimum Gasteiger partial charge on any atom is -0.480 e. The summed E-state index contributed by atoms with van der Waals surface area (Å²) in [4.78, 5) is 26.4. The molecule has 2 rings (SSSR count). The number of carboxylic acids is 1. The average molecular weight is 273 g/mol. The number of nitrogens with zero attached hydrogens (tertiary/aromatic N) is 2. The molecule has 0 atom stereocenters. The van der Waals surface area contributed by atoms with Crippen molar-refractivity contribution in [3.05, 3.63) is 51.4 Å². The van der Waals surface area contributed by atoms with Gasteiger partial charge in [0.25, 0.3) is 5.56 Å². The Balaban J connectivity index is 2.38. The van der Waals surface area contributed by atoms with Gasteiger partial charge in [-0.3, -0.25) is 19.7 Å². The van der Waals surface area contributed by atoms with Gasteiger partial charge in [-0.25, -0.2) is 4.68 Å². The fraction of sp³-hybridized carbons (Fsp3) is 0.214. The maximum absolute atomic E-state index is 12.2. The van der Waals surface area contributed by atoms with Gasteiger partial charge in [-0.1, -0.05) is 17.7 Å². The number of aliphatic carboxylic acids is 1. The lowest BCUT2D eigenvalue weighted by Gasteiger charge is -2.01. The number of aliphatic imine (C=N–C) groups is 1. The molecule has 0 bridgehead atoms. The summed E-state index contributed by atoms with van der Waals surface area (Å²) in [5.74, 6) is -1.03. The van der Waals surface area contributed by atoms with Gasteiger partial charge in [0.2, 0.25) is 0 Å². The summed E-state index contributed by atoms with van der Waals surface area (Å²) in [7, 11) is 0. The number of H-pyrrole nitrogens is 1. The standard InChI is InChI=1S/C14H15N3O3/c1-9-3-5-11(6-4-9)17-14(20)12(10(2)16-17)7-15-8-13(18)19/h3-7,16H,8H2,1-2H3,(H,18,19). The molecule has 2 aromatic rings. The molecular formula is C14H15N3O3. The minimum atomic E-state index is -1.03. The smallest absolute Gasteiger partial charge is 0.325 e. The topological polar surface area (TPSA) is 87.4 Å². The van der Waals surface area contributed by atoms with Crippen LogP contribution in [0.5, 0.6) is 0 Å². The van der Waals surface area contributed by atoms with Crippen LogP contribution in [0.25, 0.3) is 5.69 Å². The number of hydrogen-bond acceptors (Lipinski definition) is 3. The van der Waals surface area contributed by atoms with Gasteiger partial charge in [-0.05, 0) is 26.0 Å². The first-order valence-corrected chi connectivity index (χ1v) is 6.09. The van der Waals surface area contributed by atoms with Crippen LogP contribution >= 0.6 is 0 Å². The molecular weight excluding hydrogens is 258 g/mol. The van der Waals surface area contributed by atoms with Crippen molar-refractivity contribution in [1.82, 2.24) is 9.78 Å². The highest BCUT2D eigenvalue weighted by atomic mass is 16.4. The molecule has 1 aromatic heterocycles. The van der Waals surface area contributed by atoms with Crippen molar-refractivity contribution in [2.75, 3.05) is 6.54 Å². The first-order valence-electron chi connectivity index (χ1n) is 6.09. The first-order chi connectivity index (χ1) is 9.49. The third kappa shape index (κ3) is 2.85. The zero-order valence-electron chi connectivity index (χ0n) is 11.3. The lowest BCUT2D eigenvalue weighted by Crippen LogP contribution is -2.17. The number of aromatic amines is 1. The molecule has 0 fully saturated rings. The average Bonchev–Trinajstić information content (AvgIpc) is 2.67. The van der Waals surface area contributed by atoms with E-state index in [9.17, 15) is 9.59 Å². The van der Waals surface area contributed by atoms with E-state index in [1.54, 1.807) is 6.92 Å². The highest BCUT2D eigenvalue weighted by molar-refractivity contribution is 5.82. The van der Waals surface area contributed by atoms with Gasteiger partial charge >= 0.3 is 5.97 Å². The number of aryl methyl sites for hydroxylation is 2. The van der Waals surface area contributed by atoms with Gasteiger partial charge in [0.15, 0.2) is 0 Å². The second-order valence-electron chi connectivity index (χ2n) is 4.49. The SMILES string of the molecule is Cc1ccc(-n2[nH]c(C)c(C=NCC(=O)O)c2=O)cc1. The molecule has 0 saturated carbocycles. The van der Waals surface area contributed by atoms with Crippen molar-refractivity contribution in [2.24, 2.45) is 4.99 Å². The summed E-state index contributed by atoms with van der Waals surface area (Å²) in [5, 5.41) is 11.5. The molecule has 6 heteroatoms. The molecule has 0 unspecified atom stereocenters. The fourth-order valence-electron chi connectivity index (χ4n) is 1.80. The van der Waals surface area contributed by atoms with Gasteiger partial charge in [0.1, 0.15) is 6.54 Å². The number of aromatic nitrogens is 2. The lowest BCUT2D eigenvalue weighted by molar-refractivity contribution is -0.135. The Morgan fingerprint density at radius 1 is 1.35 bits per heavy atom. The second kappa shape index (κ2) is 5.56. The van der Waals surface area contributed by atoms with Crippen molar-refractivity contribution >= 4 is 12.2 Å². The zero-order chi connectivity index (χ0) is 14.7. The molecule has 1 heterocycles. The fourth-order valence-corrected chi connectivity index (χ4v) is 1.80. The van der Waals surface area contributed by atoms with E-state index in [-0.39, 0.29) is 12.1 Å². The summed E-state index contributed by atoms with van der Waals surface area (Å²) in [6, 6.07) is 7.50. The quantitative estimate of drug-likeness (QED) is 0.823. The Morgan fingerprint density at radius 3 is 2.60 bits per heavy atom. The number of rotatable bonds is 4. The van der Waals surface area contributed by atoms with E-state index in [1.807, 2.05) is 31.2 Å². The summed E-state index contributed by atoms with van der Waals surface area (Å²) in [6.07, 6.45) is 1.30. The third-order valence-corrected chi connectivity index (χ3v) is 2.86. The van der Waals surface area contributed by atoms with Gasteiger partial charge in [0, 0.05) is 11.9 Å². The van der Waals surface area contributed by atoms with Gasteiger partial charge < -0.3 is 5.11 Å². The molecule has 0 aliphatic heterocycles. The Hall–Kier alpha value is -2.63. The largest absolute Gasteiger partial charge is 0.480 e. The summed E-state index contributed by atoms with van der Waals surface area (Å²) in [6.45, 7) is 3.36. The van der Waals surface area contributed by atoms with E-state index in [2.05, 4.69) is 10.1 Å². The van der Waals surface area contributed by atoms with E-state index >= 15 is 0 Å². The Labute approximate surface area is 115 Å². The number of carboxylic acid groups (broad SMARTS) is 1. The van der Waals surface area contributed by atoms with Crippen molar-refractivity contribution in [2.45, 2.75) is 13.8 Å². The van der Waals surface area contributed by atoms with Crippen molar-refractivity contribution in [1.29, 1.82) is 0 Å². The van der Waals surface area contributed by atoms with Crippen LogP contribution in [0.15, 0.2) is 34.1 Å². The molecule has 0 spiro atoms. The maximum Gasteiger partial charge on any atom is 0.325 e. The predicted octanol–water partition coefficient (Wildman–Crippen LogP) is 1.29. The monoisotopic (exact) mass is 273 g/mol. The molecule has 0 aliphatic rings. The molecule has 104 valence electrons. The number of nitrogens with one attached hydrogen (secondary N) is 1. The van der Waals surface area contributed by atoms with E-state index in [0.29, 0.717) is 11.3 Å². The number of hydrogen-bond donors (Lipinski definition) is 2. The first kappa shape index (κ1) is 13.8. The Bertz CT molecular complexity index is 708. The van der Waals surface area contributed by atoms with E-state index in [1.165, 1.54) is 10.9 Å². The second-order valence-corrected chi connectivity index (χ2v) is 4.49. The normalized spacial score (nSPS) is 11.1. The Morgan fingerprint density at radius 2 is 2.00 bits per heavy atom. The van der Waals surface area contributed by atoms with E-state index in [0.717, 1.165) is 11.3 Å². The van der Waals surface area contributed by atoms with Crippen molar-refractivity contribution < 1.29 is 9.90 Å². The molecule has 6 nitrogen and oxygen atoms in total. The number of carbonyl (C=O) groups is 1. The van der Waals surface area contributed by atoms with Gasteiger partial charge in [-0.15, -0.1) is 0 Å². The summed E-state index contributed by atoms with van der Waals surface area (Å²) < 4.78 is 1.41. The highest BCUT2D eigenvalue weighted by Crippen LogP contribution is 2.08. The van der Waals surface area contributed by atoms with Crippen LogP contribution in [-0.4, -0.2) is 33.6 Å². The van der Waals surface area contributed by atoms with Crippen LogP contribution in [0, 0.1) is 13.8 Å². The summed E-state index contributed by atoms with van der Waals surface area (Å²) in [5.41, 5.74) is 2.59. The van der Waals surface area contributed by atoms with Crippen LogP contribution in [0.2, 0.25) is 0 Å². The molecule has 0 aliphatic carbocycles. The molecule has 0 radical (unpaired) electrons. The lowest BCUT2D eigenvalue weighted by atomic mass is 10.2.